The van der Waals surface area contributed by atoms with E-state index in [9.17, 15) is 9.59 Å². The summed E-state index contributed by atoms with van der Waals surface area (Å²) in [5.41, 5.74) is 1.56. The van der Waals surface area contributed by atoms with Crippen LogP contribution >= 0.6 is 23.4 Å². The first-order valence-electron chi connectivity index (χ1n) is 4.97. The summed E-state index contributed by atoms with van der Waals surface area (Å²) in [4.78, 5) is 23.1. The quantitative estimate of drug-likeness (QED) is 0.867. The fraction of sp³-hybridized carbons (Fsp3) is 0.273. The fourth-order valence-electron chi connectivity index (χ4n) is 1.63. The molecule has 0 radical (unpaired) electrons. The van der Waals surface area contributed by atoms with E-state index in [2.05, 4.69) is 5.32 Å². The van der Waals surface area contributed by atoms with Gasteiger partial charge in [0.15, 0.2) is 0 Å². The van der Waals surface area contributed by atoms with Crippen molar-refractivity contribution in [3.05, 3.63) is 22.7 Å². The lowest BCUT2D eigenvalue weighted by atomic mass is 10.2. The van der Waals surface area contributed by atoms with Crippen molar-refractivity contribution >= 4 is 40.9 Å². The molecule has 0 aliphatic carbocycles. The molecule has 0 bridgehead atoms. The molecule has 1 atom stereocenters. The van der Waals surface area contributed by atoms with Gasteiger partial charge in [-0.2, -0.15) is 0 Å². The number of fused-ring (bicyclic) bond motifs is 1. The van der Waals surface area contributed by atoms with Gasteiger partial charge in [-0.15, -0.1) is 11.8 Å². The molecule has 0 saturated carbocycles. The molecular weight excluding hydrogens is 262 g/mol. The molecule has 4 nitrogen and oxygen atoms in total. The smallest absolute Gasteiger partial charge is 0.305 e. The molecule has 1 amide bonds. The molecule has 0 saturated heterocycles. The van der Waals surface area contributed by atoms with Gasteiger partial charge in [-0.25, -0.2) is 0 Å². The number of hydrogen-bond donors (Lipinski definition) is 2. The number of nitrogens with one attached hydrogen (secondary N) is 1. The number of anilines is 1. The molecule has 17 heavy (non-hydrogen) atoms. The number of benzene rings is 1. The lowest BCUT2D eigenvalue weighted by Gasteiger charge is -2.24. The summed E-state index contributed by atoms with van der Waals surface area (Å²) in [6, 6.07) is 3.65. The van der Waals surface area contributed by atoms with E-state index < -0.39 is 11.2 Å². The third kappa shape index (κ3) is 2.56. The molecule has 6 heteroatoms. The molecule has 1 aromatic rings. The molecule has 1 aliphatic rings. The summed E-state index contributed by atoms with van der Waals surface area (Å²) >= 11 is 7.27. The van der Waals surface area contributed by atoms with Crippen molar-refractivity contribution in [3.8, 4) is 0 Å². The van der Waals surface area contributed by atoms with Crippen LogP contribution in [0.3, 0.4) is 0 Å². The Morgan fingerprint density at radius 2 is 2.29 bits per heavy atom. The summed E-state index contributed by atoms with van der Waals surface area (Å²) in [6.45, 7) is 1.90. The average molecular weight is 272 g/mol. The first-order chi connectivity index (χ1) is 7.97. The van der Waals surface area contributed by atoms with Crippen LogP contribution in [0.25, 0.3) is 0 Å². The topological polar surface area (TPSA) is 66.4 Å². The van der Waals surface area contributed by atoms with Crippen molar-refractivity contribution in [2.24, 2.45) is 0 Å². The Hall–Kier alpha value is -1.20. The minimum absolute atomic E-state index is 0.193. The zero-order chi connectivity index (χ0) is 12.6. The van der Waals surface area contributed by atoms with Gasteiger partial charge in [-0.3, -0.25) is 9.59 Å². The highest BCUT2D eigenvalue weighted by atomic mass is 35.5. The van der Waals surface area contributed by atoms with Crippen LogP contribution in [-0.4, -0.2) is 22.2 Å². The van der Waals surface area contributed by atoms with Gasteiger partial charge >= 0.3 is 5.97 Å². The van der Waals surface area contributed by atoms with E-state index in [0.29, 0.717) is 10.7 Å². The lowest BCUT2D eigenvalue weighted by molar-refractivity contribution is -0.138. The third-order valence-corrected chi connectivity index (χ3v) is 3.91. The van der Waals surface area contributed by atoms with E-state index in [4.69, 9.17) is 16.7 Å². The second-order valence-corrected chi connectivity index (χ2v) is 5.47. The molecule has 1 heterocycles. The number of hydrogen-bond acceptors (Lipinski definition) is 3. The van der Waals surface area contributed by atoms with Gasteiger partial charge in [-0.05, 0) is 24.6 Å². The van der Waals surface area contributed by atoms with Gasteiger partial charge in [0.05, 0.1) is 22.4 Å². The van der Waals surface area contributed by atoms with Gasteiger partial charge in [0.25, 0.3) is 0 Å². The van der Waals surface area contributed by atoms with E-state index in [1.54, 1.807) is 6.07 Å². The highest BCUT2D eigenvalue weighted by molar-refractivity contribution is 8.01. The summed E-state index contributed by atoms with van der Waals surface area (Å²) in [5, 5.41) is 11.3. The summed E-state index contributed by atoms with van der Waals surface area (Å²) in [6.07, 6.45) is -0.193. The van der Waals surface area contributed by atoms with E-state index in [0.717, 1.165) is 10.5 Å². The Morgan fingerprint density at radius 3 is 2.94 bits per heavy atom. The second-order valence-electron chi connectivity index (χ2n) is 3.81. The van der Waals surface area contributed by atoms with Crippen LogP contribution in [0.4, 0.5) is 5.69 Å². The van der Waals surface area contributed by atoms with E-state index in [1.165, 1.54) is 11.8 Å². The van der Waals surface area contributed by atoms with E-state index in [-0.39, 0.29) is 12.3 Å². The van der Waals surface area contributed by atoms with Crippen molar-refractivity contribution in [2.45, 2.75) is 23.5 Å². The highest BCUT2D eigenvalue weighted by Gasteiger charge is 2.30. The van der Waals surface area contributed by atoms with Crippen molar-refractivity contribution in [2.75, 3.05) is 5.32 Å². The Labute approximate surface area is 107 Å². The Morgan fingerprint density at radius 1 is 1.59 bits per heavy atom. The van der Waals surface area contributed by atoms with Crippen molar-refractivity contribution in [3.63, 3.8) is 0 Å². The normalized spacial score (nSPS) is 18.5. The number of thioether (sulfide) groups is 1. The lowest BCUT2D eigenvalue weighted by Crippen LogP contribution is -2.31. The second kappa shape index (κ2) is 4.58. The third-order valence-electron chi connectivity index (χ3n) is 2.37. The average Bonchev–Trinajstić information content (AvgIpc) is 2.20. The first kappa shape index (κ1) is 12.3. The molecule has 2 rings (SSSR count). The van der Waals surface area contributed by atoms with Crippen molar-refractivity contribution in [1.29, 1.82) is 0 Å². The monoisotopic (exact) mass is 271 g/mol. The fourth-order valence-corrected chi connectivity index (χ4v) is 3.24. The van der Waals surface area contributed by atoms with E-state index in [1.807, 2.05) is 13.0 Å². The van der Waals surface area contributed by atoms with Crippen molar-refractivity contribution in [1.82, 2.24) is 0 Å². The molecule has 1 aliphatic heterocycles. The number of carbonyl (C=O) groups is 2. The maximum atomic E-state index is 11.7. The molecule has 0 aromatic heterocycles. The number of aliphatic carboxylic acids is 1. The maximum Gasteiger partial charge on any atom is 0.305 e. The predicted octanol–water partition coefficient (Wildman–Crippen LogP) is 2.54. The van der Waals surface area contributed by atoms with Crippen LogP contribution in [0.2, 0.25) is 5.02 Å². The van der Waals surface area contributed by atoms with E-state index >= 15 is 0 Å². The summed E-state index contributed by atoms with van der Waals surface area (Å²) in [5.74, 6) is -1.30. The van der Waals surface area contributed by atoms with Crippen LogP contribution < -0.4 is 5.32 Å². The van der Waals surface area contributed by atoms with Gasteiger partial charge in [0.1, 0.15) is 0 Å². The number of amides is 1. The first-order valence-corrected chi connectivity index (χ1v) is 6.22. The predicted molar refractivity (Wildman–Crippen MR) is 66.7 cm³/mol. The largest absolute Gasteiger partial charge is 0.481 e. The summed E-state index contributed by atoms with van der Waals surface area (Å²) < 4.78 is 0. The molecule has 2 N–H and O–H groups in total. The molecule has 0 spiro atoms. The van der Waals surface area contributed by atoms with Crippen LogP contribution in [-0.2, 0) is 9.59 Å². The number of carboxylic acids is 1. The molecule has 1 unspecified atom stereocenters. The van der Waals surface area contributed by atoms with Gasteiger partial charge in [0.2, 0.25) is 5.91 Å². The van der Waals surface area contributed by atoms with Crippen molar-refractivity contribution < 1.29 is 14.7 Å². The van der Waals surface area contributed by atoms with Gasteiger partial charge in [0, 0.05) is 4.90 Å². The number of rotatable bonds is 2. The molecule has 1 aromatic carbocycles. The standard InChI is InChI=1S/C11H10ClNO3S/c1-5-2-6(12)10-7(3-5)17-8(4-9(14)15)11(16)13-10/h2-3,8H,4H2,1H3,(H,13,16)(H,14,15). The van der Waals surface area contributed by atoms with Crippen LogP contribution in [0.5, 0.6) is 0 Å². The van der Waals surface area contributed by atoms with Crippen LogP contribution in [0.1, 0.15) is 12.0 Å². The highest BCUT2D eigenvalue weighted by Crippen LogP contribution is 2.41. The Kier molecular flexibility index (Phi) is 3.31. The summed E-state index contributed by atoms with van der Waals surface area (Å²) in [7, 11) is 0. The number of carboxylic acid groups (broad SMARTS) is 1. The number of aryl methyl sites for hydroxylation is 1. The van der Waals surface area contributed by atoms with Crippen LogP contribution in [0.15, 0.2) is 17.0 Å². The number of halogens is 1. The zero-order valence-corrected chi connectivity index (χ0v) is 10.6. The molecular formula is C11H10ClNO3S. The molecule has 90 valence electrons. The minimum Gasteiger partial charge on any atom is -0.481 e. The minimum atomic E-state index is -0.986. The number of carbonyl (C=O) groups excluding carboxylic acids is 1. The zero-order valence-electron chi connectivity index (χ0n) is 8.99. The van der Waals surface area contributed by atoms with Gasteiger partial charge in [-0.1, -0.05) is 11.6 Å². The van der Waals surface area contributed by atoms with Gasteiger partial charge < -0.3 is 10.4 Å². The van der Waals surface area contributed by atoms with Crippen LogP contribution in [0, 0.1) is 6.92 Å². The SMILES string of the molecule is Cc1cc(Cl)c2c(c1)SC(CC(=O)O)C(=O)N2. The Balaban J connectivity index is 2.34. The molecule has 0 fully saturated rings. The Bertz CT molecular complexity index is 504. The maximum absolute atomic E-state index is 11.7.